The van der Waals surface area contributed by atoms with E-state index in [-0.39, 0.29) is 5.84 Å². The molecule has 1 aliphatic heterocycles. The summed E-state index contributed by atoms with van der Waals surface area (Å²) in [5.74, 6) is 1.79. The number of hydrogen-bond acceptors (Lipinski definition) is 3. The lowest BCUT2D eigenvalue weighted by Gasteiger charge is -2.32. The van der Waals surface area contributed by atoms with Gasteiger partial charge in [-0.2, -0.15) is 0 Å². The maximum atomic E-state index is 7.51. The molecule has 2 rings (SSSR count). The maximum absolute atomic E-state index is 7.51. The lowest BCUT2D eigenvalue weighted by atomic mass is 10.0. The molecule has 4 nitrogen and oxygen atoms in total. The monoisotopic (exact) mass is 232 g/mol. The molecule has 1 atom stereocenters. The predicted octanol–water partition coefficient (Wildman–Crippen LogP) is 1.91. The summed E-state index contributed by atoms with van der Waals surface area (Å²) in [4.78, 5) is 6.85. The van der Waals surface area contributed by atoms with Crippen LogP contribution in [0, 0.1) is 18.3 Å². The number of piperidine rings is 1. The summed E-state index contributed by atoms with van der Waals surface area (Å²) < 4.78 is 0. The summed E-state index contributed by atoms with van der Waals surface area (Å²) in [6.07, 6.45) is 2.51. The molecule has 92 valence electrons. The molecule has 0 amide bonds. The van der Waals surface area contributed by atoms with Crippen LogP contribution in [0.4, 0.5) is 5.82 Å². The van der Waals surface area contributed by atoms with Crippen molar-refractivity contribution < 1.29 is 0 Å². The Morgan fingerprint density at radius 1 is 1.53 bits per heavy atom. The van der Waals surface area contributed by atoms with Crippen molar-refractivity contribution >= 4 is 11.7 Å². The van der Waals surface area contributed by atoms with Crippen LogP contribution in [0.1, 0.15) is 31.0 Å². The highest BCUT2D eigenvalue weighted by Gasteiger charge is 2.18. The number of nitrogen functional groups attached to an aromatic ring is 1. The lowest BCUT2D eigenvalue weighted by molar-refractivity contribution is 0.444. The lowest BCUT2D eigenvalue weighted by Crippen LogP contribution is -2.35. The Balaban J connectivity index is 2.28. The summed E-state index contributed by atoms with van der Waals surface area (Å²) in [5.41, 5.74) is 7.24. The number of rotatable bonds is 2. The highest BCUT2D eigenvalue weighted by Crippen LogP contribution is 2.22. The maximum Gasteiger partial charge on any atom is 0.129 e. The number of pyridine rings is 1. The molecular weight excluding hydrogens is 212 g/mol. The van der Waals surface area contributed by atoms with Crippen molar-refractivity contribution in [2.24, 2.45) is 11.7 Å². The Morgan fingerprint density at radius 2 is 2.29 bits per heavy atom. The van der Waals surface area contributed by atoms with Crippen LogP contribution in [0.25, 0.3) is 0 Å². The molecular formula is C13H20N4. The predicted molar refractivity (Wildman–Crippen MR) is 70.6 cm³/mol. The molecule has 2 heterocycles. The van der Waals surface area contributed by atoms with Crippen molar-refractivity contribution in [2.75, 3.05) is 18.0 Å². The Labute approximate surface area is 102 Å². The molecule has 1 unspecified atom stereocenters. The van der Waals surface area contributed by atoms with E-state index in [1.165, 1.54) is 12.8 Å². The van der Waals surface area contributed by atoms with Crippen LogP contribution >= 0.6 is 0 Å². The van der Waals surface area contributed by atoms with Gasteiger partial charge in [0.2, 0.25) is 0 Å². The van der Waals surface area contributed by atoms with E-state index < -0.39 is 0 Å². The summed E-state index contributed by atoms with van der Waals surface area (Å²) in [6, 6.07) is 3.78. The van der Waals surface area contributed by atoms with Gasteiger partial charge in [0.15, 0.2) is 0 Å². The fourth-order valence-corrected chi connectivity index (χ4v) is 2.37. The standard InChI is InChI=1S/C13H20N4/c1-9-4-3-5-17(8-9)12-7-11(13(14)15)6-10(2)16-12/h6-7,9H,3-5,8H2,1-2H3,(H3,14,15). The molecule has 3 N–H and O–H groups in total. The van der Waals surface area contributed by atoms with Gasteiger partial charge < -0.3 is 10.6 Å². The third-order valence-electron chi connectivity index (χ3n) is 3.23. The van der Waals surface area contributed by atoms with E-state index in [1.54, 1.807) is 0 Å². The van der Waals surface area contributed by atoms with Crippen LogP contribution in [0.15, 0.2) is 12.1 Å². The van der Waals surface area contributed by atoms with Crippen LogP contribution in [0.3, 0.4) is 0 Å². The first kappa shape index (κ1) is 11.9. The van der Waals surface area contributed by atoms with Gasteiger partial charge >= 0.3 is 0 Å². The number of aryl methyl sites for hydroxylation is 1. The molecule has 17 heavy (non-hydrogen) atoms. The van der Waals surface area contributed by atoms with Crippen molar-refractivity contribution in [3.05, 3.63) is 23.4 Å². The first-order chi connectivity index (χ1) is 8.06. The highest BCUT2D eigenvalue weighted by atomic mass is 15.2. The smallest absolute Gasteiger partial charge is 0.129 e. The average molecular weight is 232 g/mol. The van der Waals surface area contributed by atoms with Gasteiger partial charge in [0, 0.05) is 24.3 Å². The fourth-order valence-electron chi connectivity index (χ4n) is 2.37. The summed E-state index contributed by atoms with van der Waals surface area (Å²) >= 11 is 0. The second-order valence-electron chi connectivity index (χ2n) is 4.96. The largest absolute Gasteiger partial charge is 0.384 e. The molecule has 1 saturated heterocycles. The summed E-state index contributed by atoms with van der Waals surface area (Å²) in [5, 5.41) is 7.51. The van der Waals surface area contributed by atoms with E-state index >= 15 is 0 Å². The fraction of sp³-hybridized carbons (Fsp3) is 0.538. The van der Waals surface area contributed by atoms with Gasteiger partial charge in [-0.15, -0.1) is 0 Å². The Bertz CT molecular complexity index is 427. The molecule has 0 spiro atoms. The molecule has 0 aromatic carbocycles. The van der Waals surface area contributed by atoms with Crippen LogP contribution in [0.5, 0.6) is 0 Å². The number of aromatic nitrogens is 1. The van der Waals surface area contributed by atoms with Gasteiger partial charge in [0.05, 0.1) is 0 Å². The normalized spacial score (nSPS) is 20.4. The average Bonchev–Trinajstić information content (AvgIpc) is 2.28. The molecule has 0 saturated carbocycles. The minimum Gasteiger partial charge on any atom is -0.384 e. The third-order valence-corrected chi connectivity index (χ3v) is 3.23. The van der Waals surface area contributed by atoms with E-state index in [0.29, 0.717) is 5.92 Å². The minimum atomic E-state index is 0.113. The second-order valence-corrected chi connectivity index (χ2v) is 4.96. The van der Waals surface area contributed by atoms with E-state index in [0.717, 1.165) is 30.2 Å². The molecule has 0 bridgehead atoms. The highest BCUT2D eigenvalue weighted by molar-refractivity contribution is 5.95. The van der Waals surface area contributed by atoms with E-state index in [1.807, 2.05) is 19.1 Å². The number of amidine groups is 1. The van der Waals surface area contributed by atoms with Crippen molar-refractivity contribution in [2.45, 2.75) is 26.7 Å². The molecule has 1 fully saturated rings. The van der Waals surface area contributed by atoms with Crippen LogP contribution in [0.2, 0.25) is 0 Å². The van der Waals surface area contributed by atoms with Gasteiger partial charge in [-0.1, -0.05) is 6.92 Å². The van der Waals surface area contributed by atoms with Crippen molar-refractivity contribution in [3.8, 4) is 0 Å². The molecule has 4 heteroatoms. The zero-order valence-electron chi connectivity index (χ0n) is 10.5. The van der Waals surface area contributed by atoms with Gasteiger partial charge in [-0.05, 0) is 37.8 Å². The zero-order valence-corrected chi connectivity index (χ0v) is 10.5. The first-order valence-corrected chi connectivity index (χ1v) is 6.14. The number of nitrogens with two attached hydrogens (primary N) is 1. The molecule has 1 aliphatic rings. The quantitative estimate of drug-likeness (QED) is 0.604. The SMILES string of the molecule is Cc1cc(C(=N)N)cc(N2CCCC(C)C2)n1. The minimum absolute atomic E-state index is 0.113. The van der Waals surface area contributed by atoms with Crippen LogP contribution in [-0.4, -0.2) is 23.9 Å². The van der Waals surface area contributed by atoms with Gasteiger partial charge in [0.1, 0.15) is 11.7 Å². The van der Waals surface area contributed by atoms with E-state index in [4.69, 9.17) is 11.1 Å². The summed E-state index contributed by atoms with van der Waals surface area (Å²) in [7, 11) is 0. The number of anilines is 1. The number of hydrogen-bond donors (Lipinski definition) is 2. The second kappa shape index (κ2) is 4.73. The Hall–Kier alpha value is -1.58. The Morgan fingerprint density at radius 3 is 2.94 bits per heavy atom. The van der Waals surface area contributed by atoms with E-state index in [9.17, 15) is 0 Å². The topological polar surface area (TPSA) is 66.0 Å². The van der Waals surface area contributed by atoms with E-state index in [2.05, 4.69) is 16.8 Å². The molecule has 0 radical (unpaired) electrons. The van der Waals surface area contributed by atoms with Gasteiger partial charge in [0.25, 0.3) is 0 Å². The van der Waals surface area contributed by atoms with Crippen molar-refractivity contribution in [1.82, 2.24) is 4.98 Å². The van der Waals surface area contributed by atoms with Crippen molar-refractivity contribution in [3.63, 3.8) is 0 Å². The third kappa shape index (κ3) is 2.75. The molecule has 1 aromatic rings. The Kier molecular flexibility index (Phi) is 3.31. The van der Waals surface area contributed by atoms with Crippen molar-refractivity contribution in [1.29, 1.82) is 5.41 Å². The number of nitrogens with zero attached hydrogens (tertiary/aromatic N) is 2. The first-order valence-electron chi connectivity index (χ1n) is 6.14. The summed E-state index contributed by atoms with van der Waals surface area (Å²) in [6.45, 7) is 6.32. The van der Waals surface area contributed by atoms with Crippen LogP contribution < -0.4 is 10.6 Å². The van der Waals surface area contributed by atoms with Gasteiger partial charge in [-0.25, -0.2) is 4.98 Å². The van der Waals surface area contributed by atoms with Gasteiger partial charge in [-0.3, -0.25) is 5.41 Å². The molecule has 1 aromatic heterocycles. The number of nitrogens with one attached hydrogen (secondary N) is 1. The zero-order chi connectivity index (χ0) is 12.4. The van der Waals surface area contributed by atoms with Crippen LogP contribution in [-0.2, 0) is 0 Å². The molecule has 0 aliphatic carbocycles.